The van der Waals surface area contributed by atoms with Gasteiger partial charge >= 0.3 is 7.05 Å². The number of nitrogens with zero attached hydrogens (tertiary/aromatic N) is 5. The quantitative estimate of drug-likeness (QED) is 0.436. The van der Waals surface area contributed by atoms with E-state index in [0.29, 0.717) is 21.7 Å². The average Bonchev–Trinajstić information content (AvgIpc) is 3.46. The summed E-state index contributed by atoms with van der Waals surface area (Å²) in [5, 5.41) is 15.3. The van der Waals surface area contributed by atoms with Crippen molar-refractivity contribution in [2.45, 2.75) is 30.6 Å². The first-order valence-corrected chi connectivity index (χ1v) is 12.6. The van der Waals surface area contributed by atoms with Crippen molar-refractivity contribution in [2.75, 3.05) is 13.1 Å². The van der Waals surface area contributed by atoms with Crippen molar-refractivity contribution in [1.82, 2.24) is 23.5 Å². The SMILES string of the molecule is CB(O)N1CCC(n2cc(-c3cc4c(Cl)ccnc4n3S(=O)(=O)c3ccccc3)cn2)CC1. The summed E-state index contributed by atoms with van der Waals surface area (Å²) in [5.74, 6) is 0. The molecular weight excluding hydrogens is 461 g/mol. The van der Waals surface area contributed by atoms with Gasteiger partial charge < -0.3 is 9.83 Å². The van der Waals surface area contributed by atoms with E-state index >= 15 is 0 Å². The van der Waals surface area contributed by atoms with Crippen molar-refractivity contribution in [2.24, 2.45) is 0 Å². The maximum Gasteiger partial charge on any atom is 0.376 e. The highest BCUT2D eigenvalue weighted by atomic mass is 35.5. The second-order valence-corrected chi connectivity index (χ2v) is 10.4. The van der Waals surface area contributed by atoms with Gasteiger partial charge in [0.1, 0.15) is 0 Å². The van der Waals surface area contributed by atoms with Crippen molar-refractivity contribution >= 4 is 39.7 Å². The molecule has 1 saturated heterocycles. The molecule has 1 fully saturated rings. The van der Waals surface area contributed by atoms with Crippen LogP contribution in [0.5, 0.6) is 0 Å². The van der Waals surface area contributed by atoms with Gasteiger partial charge in [-0.25, -0.2) is 17.4 Å². The van der Waals surface area contributed by atoms with Gasteiger partial charge in [-0.2, -0.15) is 5.10 Å². The summed E-state index contributed by atoms with van der Waals surface area (Å²) in [6.45, 7) is 3.33. The van der Waals surface area contributed by atoms with E-state index in [1.165, 1.54) is 10.2 Å². The van der Waals surface area contributed by atoms with Crippen LogP contribution in [0.4, 0.5) is 0 Å². The summed E-state index contributed by atoms with van der Waals surface area (Å²) in [7, 11) is -4.39. The van der Waals surface area contributed by atoms with Gasteiger partial charge in [0.2, 0.25) is 0 Å². The first-order valence-electron chi connectivity index (χ1n) is 10.8. The Kier molecular flexibility index (Phi) is 5.78. The molecule has 11 heteroatoms. The van der Waals surface area contributed by atoms with E-state index in [1.54, 1.807) is 55.5 Å². The molecule has 5 rings (SSSR count). The lowest BCUT2D eigenvalue weighted by Gasteiger charge is -2.32. The van der Waals surface area contributed by atoms with Gasteiger partial charge in [-0.15, -0.1) is 0 Å². The van der Waals surface area contributed by atoms with Gasteiger partial charge in [-0.1, -0.05) is 29.8 Å². The number of fused-ring (bicyclic) bond motifs is 1. The molecule has 1 N–H and O–H groups in total. The Morgan fingerprint density at radius 3 is 2.58 bits per heavy atom. The van der Waals surface area contributed by atoms with E-state index in [9.17, 15) is 13.4 Å². The number of hydrogen-bond donors (Lipinski definition) is 1. The third-order valence-corrected chi connectivity index (χ3v) is 8.24. The second kappa shape index (κ2) is 8.60. The molecule has 33 heavy (non-hydrogen) atoms. The predicted octanol–water partition coefficient (Wildman–Crippen LogP) is 3.54. The number of aromatic nitrogens is 4. The molecule has 0 bridgehead atoms. The fourth-order valence-corrected chi connectivity index (χ4v) is 6.08. The number of benzene rings is 1. The van der Waals surface area contributed by atoms with Crippen molar-refractivity contribution in [3.8, 4) is 11.3 Å². The van der Waals surface area contributed by atoms with Gasteiger partial charge in [-0.3, -0.25) is 4.68 Å². The first-order chi connectivity index (χ1) is 15.9. The highest BCUT2D eigenvalue weighted by molar-refractivity contribution is 7.90. The Morgan fingerprint density at radius 2 is 1.88 bits per heavy atom. The summed E-state index contributed by atoms with van der Waals surface area (Å²) in [4.78, 5) is 6.54. The highest BCUT2D eigenvalue weighted by Crippen LogP contribution is 2.35. The summed E-state index contributed by atoms with van der Waals surface area (Å²) >= 11 is 6.40. The monoisotopic (exact) mass is 483 g/mol. The molecule has 4 aromatic rings. The van der Waals surface area contributed by atoms with Crippen LogP contribution in [0.25, 0.3) is 22.3 Å². The first kappa shape index (κ1) is 22.2. The van der Waals surface area contributed by atoms with Gasteiger partial charge in [0.25, 0.3) is 10.0 Å². The minimum atomic E-state index is -3.93. The Hall–Kier alpha value is -2.66. The van der Waals surface area contributed by atoms with Crippen LogP contribution in [0.3, 0.4) is 0 Å². The Balaban J connectivity index is 1.59. The topological polar surface area (TPSA) is 93.2 Å². The van der Waals surface area contributed by atoms with E-state index in [2.05, 4.69) is 10.1 Å². The van der Waals surface area contributed by atoms with Crippen LogP contribution in [0.15, 0.2) is 66.0 Å². The molecular formula is C22H23BClN5O3S. The van der Waals surface area contributed by atoms with Crippen molar-refractivity contribution < 1.29 is 13.4 Å². The molecule has 1 aliphatic rings. The van der Waals surface area contributed by atoms with Gasteiger partial charge in [0.05, 0.1) is 27.9 Å². The molecule has 0 unspecified atom stereocenters. The smallest absolute Gasteiger partial charge is 0.376 e. The summed E-state index contributed by atoms with van der Waals surface area (Å²) in [5.41, 5.74) is 1.41. The fourth-order valence-electron chi connectivity index (χ4n) is 4.38. The molecule has 170 valence electrons. The summed E-state index contributed by atoms with van der Waals surface area (Å²) in [6, 6.07) is 11.9. The fraction of sp³-hybridized carbons (Fsp3) is 0.273. The lowest BCUT2D eigenvalue weighted by atomic mass is 9.82. The maximum atomic E-state index is 13.6. The summed E-state index contributed by atoms with van der Waals surface area (Å²) in [6.07, 6.45) is 6.77. The number of pyridine rings is 1. The Bertz CT molecular complexity index is 1400. The molecule has 1 aliphatic heterocycles. The normalized spacial score (nSPS) is 15.8. The molecule has 0 aliphatic carbocycles. The zero-order valence-corrected chi connectivity index (χ0v) is 19.6. The molecule has 3 aromatic heterocycles. The maximum absolute atomic E-state index is 13.6. The number of hydrogen-bond acceptors (Lipinski definition) is 6. The standard InChI is InChI=1S/C22H23BClN5O3S/c1-23(30)27-11-8-17(9-12-27)28-15-16(14-26-28)21-13-19-20(24)7-10-25-22(19)29(21)33(31,32)18-5-3-2-4-6-18/h2-7,10,13-15,17,30H,8-9,11-12H2,1H3. The second-order valence-electron chi connectivity index (χ2n) is 8.25. The van der Waals surface area contributed by atoms with Crippen LogP contribution in [0.2, 0.25) is 11.8 Å². The van der Waals surface area contributed by atoms with Gasteiger partial charge in [0, 0.05) is 23.3 Å². The molecule has 8 nitrogen and oxygen atoms in total. The van der Waals surface area contributed by atoms with Gasteiger partial charge in [0.15, 0.2) is 5.65 Å². The van der Waals surface area contributed by atoms with Crippen LogP contribution < -0.4 is 0 Å². The van der Waals surface area contributed by atoms with Crippen molar-refractivity contribution in [1.29, 1.82) is 0 Å². The molecule has 0 spiro atoms. The van der Waals surface area contributed by atoms with Crippen LogP contribution in [-0.2, 0) is 10.0 Å². The van der Waals surface area contributed by atoms with Crippen molar-refractivity contribution in [3.63, 3.8) is 0 Å². The zero-order valence-electron chi connectivity index (χ0n) is 18.0. The van der Waals surface area contributed by atoms with Crippen molar-refractivity contribution in [3.05, 3.63) is 66.1 Å². The summed E-state index contributed by atoms with van der Waals surface area (Å²) < 4.78 is 30.4. The third-order valence-electron chi connectivity index (χ3n) is 6.19. The molecule has 1 aromatic carbocycles. The molecule has 0 saturated carbocycles. The minimum absolute atomic E-state index is 0.170. The van der Waals surface area contributed by atoms with Crippen LogP contribution in [-0.4, -0.2) is 57.1 Å². The van der Waals surface area contributed by atoms with E-state index in [4.69, 9.17) is 11.6 Å². The largest absolute Gasteiger partial charge is 0.437 e. The molecule has 0 radical (unpaired) electrons. The number of rotatable bonds is 5. The van der Waals surface area contributed by atoms with E-state index in [-0.39, 0.29) is 16.6 Å². The van der Waals surface area contributed by atoms with E-state index < -0.39 is 17.1 Å². The molecule has 4 heterocycles. The Labute approximate surface area is 197 Å². The van der Waals surface area contributed by atoms with Gasteiger partial charge in [-0.05, 0) is 57.0 Å². The minimum Gasteiger partial charge on any atom is -0.437 e. The highest BCUT2D eigenvalue weighted by Gasteiger charge is 2.28. The lowest BCUT2D eigenvalue weighted by molar-refractivity contribution is 0.241. The predicted molar refractivity (Wildman–Crippen MR) is 129 cm³/mol. The van der Waals surface area contributed by atoms with Crippen LogP contribution >= 0.6 is 11.6 Å². The third kappa shape index (κ3) is 3.97. The lowest BCUT2D eigenvalue weighted by Crippen LogP contribution is -2.43. The zero-order chi connectivity index (χ0) is 23.2. The van der Waals surface area contributed by atoms with E-state index in [1.807, 2.05) is 15.7 Å². The Morgan fingerprint density at radius 1 is 1.15 bits per heavy atom. The number of piperidine rings is 1. The van der Waals surface area contributed by atoms with E-state index in [0.717, 1.165) is 25.9 Å². The van der Waals surface area contributed by atoms with Crippen LogP contribution in [0, 0.1) is 0 Å². The average molecular weight is 484 g/mol. The molecule has 0 atom stereocenters. The van der Waals surface area contributed by atoms with Crippen LogP contribution in [0.1, 0.15) is 18.9 Å². The number of halogens is 1. The molecule has 0 amide bonds.